The number of carbonyl (C=O) groups is 1. The van der Waals surface area contributed by atoms with E-state index in [-0.39, 0.29) is 5.91 Å². The number of nitrogens with zero attached hydrogens (tertiary/aromatic N) is 2. The first-order chi connectivity index (χ1) is 10.8. The molecule has 1 radical (unpaired) electrons. The first-order valence-corrected chi connectivity index (χ1v) is 6.82. The molecule has 22 heavy (non-hydrogen) atoms. The fraction of sp³-hybridized carbons (Fsp3) is 0. The number of hydrogen-bond donors (Lipinski definition) is 2. The first kappa shape index (κ1) is 13.8. The van der Waals surface area contributed by atoms with E-state index < -0.39 is 0 Å². The van der Waals surface area contributed by atoms with E-state index >= 15 is 0 Å². The van der Waals surface area contributed by atoms with E-state index in [0.29, 0.717) is 5.82 Å². The molecule has 3 rings (SSSR count). The van der Waals surface area contributed by atoms with Gasteiger partial charge in [-0.25, -0.2) is 0 Å². The molecule has 0 aliphatic carbocycles. The lowest BCUT2D eigenvalue weighted by Gasteiger charge is -2.01. The lowest BCUT2D eigenvalue weighted by molar-refractivity contribution is -0.115. The van der Waals surface area contributed by atoms with Gasteiger partial charge in [0.25, 0.3) is 11.7 Å². The fourth-order valence-electron chi connectivity index (χ4n) is 2.02. The van der Waals surface area contributed by atoms with Crippen LogP contribution in [0.1, 0.15) is 5.56 Å². The molecule has 1 heterocycles. The van der Waals surface area contributed by atoms with Crippen molar-refractivity contribution in [3.05, 3.63) is 78.3 Å². The molecule has 107 valence electrons. The molecular weight excluding hydrogens is 276 g/mol. The standard InChI is InChI=1S/C17H14N4O/c22-17(19-16-12-18-21-20-16)11-8-13-6-9-15(10-7-13)14-4-2-1-3-5-14/h1-12H,(H2,19,20,21,22)/q+1. The summed E-state index contributed by atoms with van der Waals surface area (Å²) in [5, 5.41) is 9.73. The Bertz CT molecular complexity index is 746. The zero-order valence-electron chi connectivity index (χ0n) is 11.7. The Balaban J connectivity index is 1.63. The van der Waals surface area contributed by atoms with Crippen molar-refractivity contribution in [1.82, 2.24) is 15.9 Å². The van der Waals surface area contributed by atoms with E-state index in [2.05, 4.69) is 33.2 Å². The maximum atomic E-state index is 11.7. The zero-order valence-corrected chi connectivity index (χ0v) is 11.7. The molecule has 5 heteroatoms. The lowest BCUT2D eigenvalue weighted by Crippen LogP contribution is -2.25. The van der Waals surface area contributed by atoms with Gasteiger partial charge in [0.05, 0.1) is 5.11 Å². The maximum Gasteiger partial charge on any atom is 0.267 e. The maximum absolute atomic E-state index is 11.7. The lowest BCUT2D eigenvalue weighted by atomic mass is 10.0. The van der Waals surface area contributed by atoms with Gasteiger partial charge >= 0.3 is 0 Å². The Kier molecular flexibility index (Phi) is 4.06. The Labute approximate surface area is 128 Å². The highest BCUT2D eigenvalue weighted by molar-refractivity contribution is 5.92. The summed E-state index contributed by atoms with van der Waals surface area (Å²) in [6, 6.07) is 18.2. The van der Waals surface area contributed by atoms with Crippen LogP contribution in [0.3, 0.4) is 0 Å². The second-order valence-electron chi connectivity index (χ2n) is 4.68. The molecule has 0 unspecified atom stereocenters. The minimum absolute atomic E-state index is 0.238. The molecular formula is C17H14N4O+. The molecule has 2 aromatic carbocycles. The van der Waals surface area contributed by atoms with Gasteiger partial charge in [-0.2, -0.15) is 0 Å². The van der Waals surface area contributed by atoms with Crippen LogP contribution in [0.4, 0.5) is 0 Å². The van der Waals surface area contributed by atoms with Gasteiger partial charge in [-0.05, 0) is 22.8 Å². The topological polar surface area (TPSA) is 67.6 Å². The SMILES string of the molecule is O=C(C=Cc1ccc(-c2ccccc2)cc1)NC1=C[N+]=NN1. The second kappa shape index (κ2) is 6.49. The molecule has 5 nitrogen and oxygen atoms in total. The molecule has 0 saturated heterocycles. The number of amides is 1. The van der Waals surface area contributed by atoms with E-state index in [1.54, 1.807) is 6.08 Å². The van der Waals surface area contributed by atoms with Crippen molar-refractivity contribution in [3.8, 4) is 11.1 Å². The van der Waals surface area contributed by atoms with Crippen LogP contribution in [0.25, 0.3) is 17.2 Å². The Morgan fingerprint density at radius 3 is 2.45 bits per heavy atom. The summed E-state index contributed by atoms with van der Waals surface area (Å²) in [6.45, 7) is 0. The summed E-state index contributed by atoms with van der Waals surface area (Å²) in [7, 11) is 0. The molecule has 2 aromatic rings. The van der Waals surface area contributed by atoms with Gasteiger partial charge in [-0.1, -0.05) is 54.6 Å². The average Bonchev–Trinajstić information content (AvgIpc) is 3.07. The predicted molar refractivity (Wildman–Crippen MR) is 84.8 cm³/mol. The third-order valence-corrected chi connectivity index (χ3v) is 3.12. The summed E-state index contributed by atoms with van der Waals surface area (Å²) in [4.78, 5) is 11.7. The van der Waals surface area contributed by atoms with Crippen molar-refractivity contribution < 1.29 is 4.79 Å². The van der Waals surface area contributed by atoms with Gasteiger partial charge in [0.1, 0.15) is 5.22 Å². The van der Waals surface area contributed by atoms with Gasteiger partial charge < -0.3 is 0 Å². The van der Waals surface area contributed by atoms with Crippen LogP contribution >= 0.6 is 0 Å². The molecule has 1 aliphatic heterocycles. The average molecular weight is 290 g/mol. The summed E-state index contributed by atoms with van der Waals surface area (Å²) in [6.07, 6.45) is 4.67. The molecule has 0 fully saturated rings. The van der Waals surface area contributed by atoms with Crippen LogP contribution in [-0.2, 0) is 4.79 Å². The highest BCUT2D eigenvalue weighted by Crippen LogP contribution is 2.19. The van der Waals surface area contributed by atoms with E-state index in [9.17, 15) is 4.79 Å². The minimum Gasteiger partial charge on any atom is -0.285 e. The quantitative estimate of drug-likeness (QED) is 0.850. The molecule has 2 N–H and O–H groups in total. The van der Waals surface area contributed by atoms with Crippen molar-refractivity contribution in [3.63, 3.8) is 0 Å². The summed E-state index contributed by atoms with van der Waals surface area (Å²) < 4.78 is 0. The van der Waals surface area contributed by atoms with Crippen molar-refractivity contribution in [2.24, 2.45) is 5.22 Å². The van der Waals surface area contributed by atoms with E-state index in [1.807, 2.05) is 42.5 Å². The molecule has 0 saturated carbocycles. The number of benzene rings is 2. The Morgan fingerprint density at radius 2 is 1.77 bits per heavy atom. The molecule has 0 aromatic heterocycles. The van der Waals surface area contributed by atoms with E-state index in [0.717, 1.165) is 11.1 Å². The third-order valence-electron chi connectivity index (χ3n) is 3.12. The second-order valence-corrected chi connectivity index (χ2v) is 4.68. The molecule has 1 aliphatic rings. The summed E-state index contributed by atoms with van der Waals surface area (Å²) >= 11 is 0. The minimum atomic E-state index is -0.238. The molecule has 0 atom stereocenters. The molecule has 0 bridgehead atoms. The fourth-order valence-corrected chi connectivity index (χ4v) is 2.02. The van der Waals surface area contributed by atoms with Gasteiger partial charge in [-0.15, -0.1) is 5.43 Å². The van der Waals surface area contributed by atoms with Gasteiger partial charge in [-0.3, -0.25) is 10.1 Å². The number of rotatable bonds is 4. The smallest absolute Gasteiger partial charge is 0.267 e. The van der Waals surface area contributed by atoms with Crippen LogP contribution in [0.15, 0.2) is 77.9 Å². The number of nitrogens with one attached hydrogen (secondary N) is 2. The molecule has 0 spiro atoms. The van der Waals surface area contributed by atoms with Crippen LogP contribution in [0.2, 0.25) is 0 Å². The Hall–Kier alpha value is -3.21. The predicted octanol–water partition coefficient (Wildman–Crippen LogP) is 2.59. The Morgan fingerprint density at radius 1 is 1.05 bits per heavy atom. The summed E-state index contributed by atoms with van der Waals surface area (Å²) in [5.74, 6) is 0.229. The monoisotopic (exact) mass is 290 g/mol. The van der Waals surface area contributed by atoms with Gasteiger partial charge in [0.15, 0.2) is 0 Å². The molecule has 1 amide bonds. The normalized spacial score (nSPS) is 13.0. The number of hydrogen-bond acceptors (Lipinski definition) is 4. The van der Waals surface area contributed by atoms with Gasteiger partial charge in [0.2, 0.25) is 6.20 Å². The van der Waals surface area contributed by atoms with Crippen molar-refractivity contribution in [2.45, 2.75) is 0 Å². The van der Waals surface area contributed by atoms with Crippen LogP contribution in [0, 0.1) is 0 Å². The number of carbonyl (C=O) groups excluding carboxylic acids is 1. The first-order valence-electron chi connectivity index (χ1n) is 6.82. The van der Waals surface area contributed by atoms with Crippen LogP contribution in [-0.4, -0.2) is 5.91 Å². The van der Waals surface area contributed by atoms with Crippen LogP contribution in [0.5, 0.6) is 0 Å². The highest BCUT2D eigenvalue weighted by Gasteiger charge is 2.11. The van der Waals surface area contributed by atoms with Crippen molar-refractivity contribution in [1.29, 1.82) is 0 Å². The van der Waals surface area contributed by atoms with Crippen molar-refractivity contribution >= 4 is 12.0 Å². The summed E-state index contributed by atoms with van der Waals surface area (Å²) in [5.41, 5.74) is 5.83. The van der Waals surface area contributed by atoms with Crippen molar-refractivity contribution in [2.75, 3.05) is 0 Å². The highest BCUT2D eigenvalue weighted by atomic mass is 16.1. The third kappa shape index (κ3) is 3.46. The van der Waals surface area contributed by atoms with E-state index in [1.165, 1.54) is 17.8 Å². The van der Waals surface area contributed by atoms with E-state index in [4.69, 9.17) is 0 Å². The zero-order chi connectivity index (χ0) is 15.2. The largest absolute Gasteiger partial charge is 0.285 e. The van der Waals surface area contributed by atoms with Gasteiger partial charge in [0, 0.05) is 6.08 Å². The van der Waals surface area contributed by atoms with Crippen LogP contribution < -0.4 is 15.9 Å².